The van der Waals surface area contributed by atoms with Gasteiger partial charge in [-0.05, 0) is 30.6 Å². The molecule has 0 radical (unpaired) electrons. The zero-order chi connectivity index (χ0) is 15.5. The zero-order valence-electron chi connectivity index (χ0n) is 13.0. The lowest BCUT2D eigenvalue weighted by Crippen LogP contribution is -2.26. The van der Waals surface area contributed by atoms with E-state index in [4.69, 9.17) is 4.43 Å². The Hall–Kier alpha value is -1.20. The highest BCUT2D eigenvalue weighted by molar-refractivity contribution is 6.48. The van der Waals surface area contributed by atoms with Crippen molar-refractivity contribution in [3.63, 3.8) is 0 Å². The summed E-state index contributed by atoms with van der Waals surface area (Å²) in [6.07, 6.45) is -0.319. The Balaban J connectivity index is 3.18. The van der Waals surface area contributed by atoms with E-state index in [0.29, 0.717) is 5.56 Å². The third kappa shape index (κ3) is 4.15. The topological polar surface area (TPSA) is 35.5 Å². The van der Waals surface area contributed by atoms with E-state index >= 15 is 0 Å². The maximum Gasteiger partial charge on any atom is 0.337 e. The molecule has 1 atom stereocenters. The summed E-state index contributed by atoms with van der Waals surface area (Å²) >= 11 is 0. The molecule has 0 aromatic heterocycles. The molecule has 0 fully saturated rings. The standard InChI is InChI=1S/C15H23FO3Si/c1-15(2,3)13(19-20(5)6)11-8-7-10(9-12(11)16)14(17)18-4/h7-9,13,20H,1-6H3. The molecule has 20 heavy (non-hydrogen) atoms. The molecule has 0 saturated heterocycles. The lowest BCUT2D eigenvalue weighted by molar-refractivity contribution is 0.0599. The smallest absolute Gasteiger partial charge is 0.337 e. The zero-order valence-corrected chi connectivity index (χ0v) is 14.1. The Morgan fingerprint density at radius 1 is 1.30 bits per heavy atom. The van der Waals surface area contributed by atoms with E-state index < -0.39 is 20.8 Å². The molecule has 0 aliphatic rings. The predicted octanol–water partition coefficient (Wildman–Crippen LogP) is 3.70. The van der Waals surface area contributed by atoms with Crippen molar-refractivity contribution in [2.24, 2.45) is 5.41 Å². The Morgan fingerprint density at radius 2 is 1.90 bits per heavy atom. The SMILES string of the molecule is COC(=O)c1ccc(C(O[SiH](C)C)C(C)(C)C)c(F)c1. The van der Waals surface area contributed by atoms with Crippen LogP contribution in [0.15, 0.2) is 18.2 Å². The maximum absolute atomic E-state index is 14.3. The Bertz CT molecular complexity index is 480. The first-order valence-corrected chi connectivity index (χ1v) is 9.48. The molecule has 0 bridgehead atoms. The van der Waals surface area contributed by atoms with Gasteiger partial charge in [0.25, 0.3) is 0 Å². The average molecular weight is 298 g/mol. The molecule has 1 aromatic carbocycles. The summed E-state index contributed by atoms with van der Waals surface area (Å²) in [4.78, 5) is 11.4. The van der Waals surface area contributed by atoms with E-state index in [9.17, 15) is 9.18 Å². The third-order valence-electron chi connectivity index (χ3n) is 2.90. The summed E-state index contributed by atoms with van der Waals surface area (Å²) in [7, 11) is -0.0376. The van der Waals surface area contributed by atoms with Crippen molar-refractivity contribution in [1.29, 1.82) is 0 Å². The first-order chi connectivity index (χ1) is 9.16. The van der Waals surface area contributed by atoms with Gasteiger partial charge in [0, 0.05) is 5.56 Å². The van der Waals surface area contributed by atoms with Gasteiger partial charge in [0.1, 0.15) is 5.82 Å². The average Bonchev–Trinajstić information content (AvgIpc) is 2.34. The van der Waals surface area contributed by atoms with Crippen LogP contribution in [0.2, 0.25) is 13.1 Å². The second-order valence-electron chi connectivity index (χ2n) is 6.16. The number of benzene rings is 1. The lowest BCUT2D eigenvalue weighted by Gasteiger charge is -2.33. The monoisotopic (exact) mass is 298 g/mol. The molecule has 0 spiro atoms. The first kappa shape index (κ1) is 16.9. The fourth-order valence-electron chi connectivity index (χ4n) is 2.00. The van der Waals surface area contributed by atoms with Crippen LogP contribution >= 0.6 is 0 Å². The molecule has 1 aromatic rings. The second-order valence-corrected chi connectivity index (χ2v) is 8.53. The van der Waals surface area contributed by atoms with Gasteiger partial charge in [-0.15, -0.1) is 0 Å². The highest BCUT2D eigenvalue weighted by Gasteiger charge is 2.30. The van der Waals surface area contributed by atoms with Gasteiger partial charge in [0.15, 0.2) is 9.04 Å². The molecular weight excluding hydrogens is 275 g/mol. The minimum absolute atomic E-state index is 0.211. The van der Waals surface area contributed by atoms with Crippen LogP contribution in [0, 0.1) is 11.2 Å². The number of ether oxygens (including phenoxy) is 1. The Morgan fingerprint density at radius 3 is 2.30 bits per heavy atom. The van der Waals surface area contributed by atoms with Gasteiger partial charge in [-0.2, -0.15) is 0 Å². The van der Waals surface area contributed by atoms with Crippen LogP contribution in [0.5, 0.6) is 0 Å². The molecule has 0 heterocycles. The largest absolute Gasteiger partial charge is 0.465 e. The van der Waals surface area contributed by atoms with E-state index in [1.165, 1.54) is 13.2 Å². The molecule has 0 aliphatic carbocycles. The van der Waals surface area contributed by atoms with Gasteiger partial charge < -0.3 is 9.16 Å². The number of methoxy groups -OCH3 is 1. The van der Waals surface area contributed by atoms with Crippen molar-refractivity contribution < 1.29 is 18.3 Å². The van der Waals surface area contributed by atoms with Crippen LogP contribution in [0.1, 0.15) is 42.8 Å². The highest BCUT2D eigenvalue weighted by Crippen LogP contribution is 2.37. The number of halogens is 1. The van der Waals surface area contributed by atoms with Crippen molar-refractivity contribution in [2.75, 3.05) is 7.11 Å². The lowest BCUT2D eigenvalue weighted by atomic mass is 9.84. The molecule has 1 rings (SSSR count). The van der Waals surface area contributed by atoms with Crippen molar-refractivity contribution in [2.45, 2.75) is 40.0 Å². The molecular formula is C15H23FO3Si. The van der Waals surface area contributed by atoms with Gasteiger partial charge in [0.05, 0.1) is 18.8 Å². The second kappa shape index (κ2) is 6.50. The van der Waals surface area contributed by atoms with E-state index in [2.05, 4.69) is 17.8 Å². The molecule has 112 valence electrons. The van der Waals surface area contributed by atoms with Crippen LogP contribution in [-0.2, 0) is 9.16 Å². The maximum atomic E-state index is 14.3. The van der Waals surface area contributed by atoms with Crippen molar-refractivity contribution >= 4 is 15.0 Å². The fraction of sp³-hybridized carbons (Fsp3) is 0.533. The molecule has 1 unspecified atom stereocenters. The molecule has 0 N–H and O–H groups in total. The summed E-state index contributed by atoms with van der Waals surface area (Å²) in [6.45, 7) is 10.2. The minimum atomic E-state index is -1.31. The van der Waals surface area contributed by atoms with Crippen LogP contribution < -0.4 is 0 Å². The van der Waals surface area contributed by atoms with Gasteiger partial charge in [-0.3, -0.25) is 0 Å². The normalized spacial score (nSPS) is 13.4. The summed E-state index contributed by atoms with van der Waals surface area (Å²) in [5.74, 6) is -0.968. The number of carbonyl (C=O) groups is 1. The van der Waals surface area contributed by atoms with E-state index in [0.717, 1.165) is 0 Å². The molecule has 0 aliphatic heterocycles. The van der Waals surface area contributed by atoms with Crippen LogP contribution in [0.3, 0.4) is 0 Å². The Kier molecular flexibility index (Phi) is 5.47. The minimum Gasteiger partial charge on any atom is -0.465 e. The van der Waals surface area contributed by atoms with Crippen LogP contribution in [0.25, 0.3) is 0 Å². The van der Waals surface area contributed by atoms with Gasteiger partial charge in [-0.25, -0.2) is 9.18 Å². The van der Waals surface area contributed by atoms with E-state index in [1.54, 1.807) is 12.1 Å². The van der Waals surface area contributed by atoms with Crippen molar-refractivity contribution in [1.82, 2.24) is 0 Å². The summed E-state index contributed by atoms with van der Waals surface area (Å²) in [5.41, 5.74) is 0.486. The molecule has 0 amide bonds. The summed E-state index contributed by atoms with van der Waals surface area (Å²) in [6, 6.07) is 4.41. The van der Waals surface area contributed by atoms with Gasteiger partial charge in [0.2, 0.25) is 0 Å². The number of esters is 1. The molecule has 0 saturated carbocycles. The van der Waals surface area contributed by atoms with Crippen molar-refractivity contribution in [3.05, 3.63) is 35.1 Å². The quantitative estimate of drug-likeness (QED) is 0.628. The number of hydrogen-bond donors (Lipinski definition) is 0. The fourth-order valence-corrected chi connectivity index (χ4v) is 3.10. The summed E-state index contributed by atoms with van der Waals surface area (Å²) in [5, 5.41) is 0. The van der Waals surface area contributed by atoms with Gasteiger partial charge in [-0.1, -0.05) is 26.8 Å². The summed E-state index contributed by atoms with van der Waals surface area (Å²) < 4.78 is 24.9. The van der Waals surface area contributed by atoms with Crippen LogP contribution in [0.4, 0.5) is 4.39 Å². The Labute approximate surface area is 121 Å². The number of hydrogen-bond acceptors (Lipinski definition) is 3. The van der Waals surface area contributed by atoms with Crippen molar-refractivity contribution in [3.8, 4) is 0 Å². The van der Waals surface area contributed by atoms with E-state index in [1.807, 2.05) is 20.8 Å². The number of carbonyl (C=O) groups excluding carboxylic acids is 1. The molecule has 3 nitrogen and oxygen atoms in total. The first-order valence-electron chi connectivity index (χ1n) is 6.70. The highest BCUT2D eigenvalue weighted by atomic mass is 28.3. The number of rotatable bonds is 4. The van der Waals surface area contributed by atoms with Crippen LogP contribution in [-0.4, -0.2) is 22.1 Å². The molecule has 5 heteroatoms. The predicted molar refractivity (Wildman–Crippen MR) is 79.9 cm³/mol. The third-order valence-corrected chi connectivity index (χ3v) is 3.72. The van der Waals surface area contributed by atoms with Gasteiger partial charge >= 0.3 is 5.97 Å². The van der Waals surface area contributed by atoms with E-state index in [-0.39, 0.29) is 17.1 Å².